The van der Waals surface area contributed by atoms with Crippen LogP contribution in [0.25, 0.3) is 11.8 Å². The highest BCUT2D eigenvalue weighted by Gasteiger charge is 2.35. The highest BCUT2D eigenvalue weighted by atomic mass is 32.2. The second-order valence-corrected chi connectivity index (χ2v) is 12.3. The fourth-order valence-electron chi connectivity index (χ4n) is 5.63. The number of aryl methyl sites for hydroxylation is 1. The number of aromatic carboxylic acids is 1. The molecule has 2 heterocycles. The summed E-state index contributed by atoms with van der Waals surface area (Å²) in [5.74, 6) is -2.73. The largest absolute Gasteiger partial charge is 0.478 e. The van der Waals surface area contributed by atoms with Crippen molar-refractivity contribution in [2.24, 2.45) is 4.99 Å². The summed E-state index contributed by atoms with van der Waals surface area (Å²) in [6.45, 7) is 9.22. The van der Waals surface area contributed by atoms with E-state index in [1.54, 1.807) is 43.4 Å². The first-order chi connectivity index (χ1) is 24.1. The molecular formula is C40H36N4O5S. The SMILES string of the molecule is C=C/C=C\C(=C/C)N1C(=O)/C(=C/c2cc(C)n(-c3ccc(C(=O)O)cc3)c2C)C(=O)N=C1SCC(=O)NC(c1ccccc1)c1ccccc1. The zero-order chi connectivity index (χ0) is 35.8. The van der Waals surface area contributed by atoms with Crippen molar-refractivity contribution in [2.75, 3.05) is 5.75 Å². The number of carbonyl (C=O) groups is 4. The van der Waals surface area contributed by atoms with Crippen molar-refractivity contribution in [1.29, 1.82) is 0 Å². The fraction of sp³-hybridized carbons (Fsp3) is 0.125. The molecule has 2 N–H and O–H groups in total. The molecule has 1 aromatic heterocycles. The smallest absolute Gasteiger partial charge is 0.335 e. The molecule has 9 nitrogen and oxygen atoms in total. The number of rotatable bonds is 11. The third kappa shape index (κ3) is 7.82. The van der Waals surface area contributed by atoms with Gasteiger partial charge in [-0.05, 0) is 79.9 Å². The molecule has 5 rings (SSSR count). The Labute approximate surface area is 295 Å². The van der Waals surface area contributed by atoms with Gasteiger partial charge in [0.05, 0.1) is 17.4 Å². The van der Waals surface area contributed by atoms with Gasteiger partial charge in [-0.15, -0.1) is 0 Å². The van der Waals surface area contributed by atoms with E-state index in [0.29, 0.717) is 11.3 Å². The van der Waals surface area contributed by atoms with Crippen LogP contribution in [-0.4, -0.2) is 49.2 Å². The molecule has 50 heavy (non-hydrogen) atoms. The average Bonchev–Trinajstić information content (AvgIpc) is 3.41. The van der Waals surface area contributed by atoms with Gasteiger partial charge in [0.1, 0.15) is 5.57 Å². The normalized spacial score (nSPS) is 14.4. The summed E-state index contributed by atoms with van der Waals surface area (Å²) in [5.41, 5.74) is 5.24. The Bertz CT molecular complexity index is 2020. The zero-order valence-corrected chi connectivity index (χ0v) is 28.7. The summed E-state index contributed by atoms with van der Waals surface area (Å²) in [5, 5.41) is 12.5. The molecule has 0 fully saturated rings. The maximum Gasteiger partial charge on any atom is 0.335 e. The summed E-state index contributed by atoms with van der Waals surface area (Å²) in [6, 6.07) is 27.1. The van der Waals surface area contributed by atoms with Gasteiger partial charge in [-0.2, -0.15) is 4.99 Å². The minimum absolute atomic E-state index is 0.0778. The molecule has 10 heteroatoms. The van der Waals surface area contributed by atoms with Crippen LogP contribution in [0.3, 0.4) is 0 Å². The summed E-state index contributed by atoms with van der Waals surface area (Å²) < 4.78 is 1.92. The van der Waals surface area contributed by atoms with Crippen molar-refractivity contribution in [3.05, 3.63) is 167 Å². The predicted molar refractivity (Wildman–Crippen MR) is 198 cm³/mol. The Balaban J connectivity index is 1.44. The first kappa shape index (κ1) is 35.3. The lowest BCUT2D eigenvalue weighted by Crippen LogP contribution is -2.42. The van der Waals surface area contributed by atoms with Gasteiger partial charge < -0.3 is 15.0 Å². The van der Waals surface area contributed by atoms with Gasteiger partial charge in [-0.3, -0.25) is 19.3 Å². The van der Waals surface area contributed by atoms with Crippen LogP contribution >= 0.6 is 11.8 Å². The average molecular weight is 685 g/mol. The van der Waals surface area contributed by atoms with Gasteiger partial charge in [0.15, 0.2) is 5.17 Å². The minimum Gasteiger partial charge on any atom is -0.478 e. The number of carbonyl (C=O) groups excluding carboxylic acids is 3. The molecule has 3 aromatic carbocycles. The van der Waals surface area contributed by atoms with Gasteiger partial charge in [-0.25, -0.2) is 4.79 Å². The molecule has 3 amide bonds. The van der Waals surface area contributed by atoms with Crippen molar-refractivity contribution < 1.29 is 24.3 Å². The van der Waals surface area contributed by atoms with E-state index in [0.717, 1.165) is 40.0 Å². The quantitative estimate of drug-likeness (QED) is 0.0981. The number of hydrogen-bond donors (Lipinski definition) is 2. The lowest BCUT2D eigenvalue weighted by Gasteiger charge is -2.28. The van der Waals surface area contributed by atoms with Crippen LogP contribution in [0.15, 0.2) is 138 Å². The fourth-order valence-corrected chi connectivity index (χ4v) is 6.44. The standard InChI is InChI=1S/C40H36N4O5S/c1-5-7-18-32(6-2)44-38(47)34(24-31-23-26(3)43(27(31)4)33-21-19-30(20-22-33)39(48)49)37(46)42-40(44)50-25-35(45)41-36(28-14-10-8-11-15-28)29-16-12-9-13-17-29/h5-24,36H,1,25H2,2-4H3,(H,41,45)(H,48,49)/b18-7-,32-6+,34-24+. The highest BCUT2D eigenvalue weighted by Crippen LogP contribution is 2.29. The molecule has 0 saturated carbocycles. The zero-order valence-electron chi connectivity index (χ0n) is 27.9. The number of aromatic nitrogens is 1. The predicted octanol–water partition coefficient (Wildman–Crippen LogP) is 7.19. The molecular weight excluding hydrogens is 649 g/mol. The van der Waals surface area contributed by atoms with Crippen LogP contribution in [0.2, 0.25) is 0 Å². The molecule has 0 radical (unpaired) electrons. The van der Waals surface area contributed by atoms with E-state index < -0.39 is 23.8 Å². The first-order valence-electron chi connectivity index (χ1n) is 15.8. The first-order valence-corrected chi connectivity index (χ1v) is 16.8. The van der Waals surface area contributed by atoms with Crippen LogP contribution < -0.4 is 5.32 Å². The van der Waals surface area contributed by atoms with Crippen LogP contribution in [0.4, 0.5) is 0 Å². The molecule has 0 unspecified atom stereocenters. The number of carboxylic acid groups (broad SMARTS) is 1. The molecule has 0 aliphatic carbocycles. The van der Waals surface area contributed by atoms with E-state index in [1.165, 1.54) is 23.1 Å². The number of carboxylic acids is 1. The molecule has 0 saturated heterocycles. The number of hydrogen-bond acceptors (Lipinski definition) is 5. The Morgan fingerprint density at radius 2 is 1.58 bits per heavy atom. The molecule has 0 bridgehead atoms. The summed E-state index contributed by atoms with van der Waals surface area (Å²) >= 11 is 0.998. The van der Waals surface area contributed by atoms with Gasteiger partial charge in [0.2, 0.25) is 5.91 Å². The second kappa shape index (κ2) is 15.9. The van der Waals surface area contributed by atoms with Crippen LogP contribution in [0.5, 0.6) is 0 Å². The minimum atomic E-state index is -1.02. The number of amidine groups is 1. The van der Waals surface area contributed by atoms with E-state index in [9.17, 15) is 24.3 Å². The molecule has 1 aliphatic rings. The summed E-state index contributed by atoms with van der Waals surface area (Å²) in [4.78, 5) is 58.1. The van der Waals surface area contributed by atoms with E-state index in [-0.39, 0.29) is 28.0 Å². The summed E-state index contributed by atoms with van der Waals surface area (Å²) in [6.07, 6.45) is 8.17. The number of nitrogens with one attached hydrogen (secondary N) is 1. The van der Waals surface area contributed by atoms with E-state index in [1.807, 2.05) is 85.1 Å². The van der Waals surface area contributed by atoms with E-state index in [2.05, 4.69) is 16.9 Å². The van der Waals surface area contributed by atoms with E-state index >= 15 is 0 Å². The number of aliphatic imine (C=N–C) groups is 1. The topological polar surface area (TPSA) is 121 Å². The van der Waals surface area contributed by atoms with E-state index in [4.69, 9.17) is 0 Å². The molecule has 0 atom stereocenters. The maximum atomic E-state index is 14.2. The van der Waals surface area contributed by atoms with Crippen molar-refractivity contribution in [1.82, 2.24) is 14.8 Å². The number of nitrogens with zero attached hydrogens (tertiary/aromatic N) is 3. The number of benzene rings is 3. The lowest BCUT2D eigenvalue weighted by molar-refractivity contribution is -0.126. The van der Waals surface area contributed by atoms with Crippen LogP contribution in [0.1, 0.15) is 51.4 Å². The number of thioether (sulfide) groups is 1. The molecule has 1 aliphatic heterocycles. The second-order valence-electron chi connectivity index (χ2n) is 11.3. The number of allylic oxidation sites excluding steroid dienone is 4. The lowest BCUT2D eigenvalue weighted by atomic mass is 9.99. The maximum absolute atomic E-state index is 14.2. The van der Waals surface area contributed by atoms with Crippen molar-refractivity contribution in [2.45, 2.75) is 26.8 Å². The summed E-state index contributed by atoms with van der Waals surface area (Å²) in [7, 11) is 0. The highest BCUT2D eigenvalue weighted by molar-refractivity contribution is 8.14. The Morgan fingerprint density at radius 1 is 0.960 bits per heavy atom. The Morgan fingerprint density at radius 3 is 2.14 bits per heavy atom. The van der Waals surface area contributed by atoms with Crippen molar-refractivity contribution in [3.8, 4) is 5.69 Å². The van der Waals surface area contributed by atoms with Crippen LogP contribution in [0, 0.1) is 13.8 Å². The monoisotopic (exact) mass is 684 g/mol. The molecule has 4 aromatic rings. The Kier molecular flexibility index (Phi) is 11.3. The third-order valence-corrected chi connectivity index (χ3v) is 8.99. The van der Waals surface area contributed by atoms with Crippen LogP contribution in [-0.2, 0) is 14.4 Å². The van der Waals surface area contributed by atoms with Gasteiger partial charge >= 0.3 is 5.97 Å². The number of amides is 3. The molecule has 252 valence electrons. The van der Waals surface area contributed by atoms with Crippen molar-refractivity contribution in [3.63, 3.8) is 0 Å². The van der Waals surface area contributed by atoms with Crippen molar-refractivity contribution >= 4 is 46.7 Å². The van der Waals surface area contributed by atoms with Gasteiger partial charge in [0, 0.05) is 22.8 Å². The Hall–Kier alpha value is -6.00. The molecule has 0 spiro atoms. The van der Waals surface area contributed by atoms with Gasteiger partial charge in [-0.1, -0.05) is 97.2 Å². The third-order valence-electron chi connectivity index (χ3n) is 8.06. The van der Waals surface area contributed by atoms with Gasteiger partial charge in [0.25, 0.3) is 11.8 Å².